The molecule has 1 N–H and O–H groups in total. The van der Waals surface area contributed by atoms with Crippen LogP contribution in [-0.2, 0) is 30.7 Å². The van der Waals surface area contributed by atoms with E-state index in [1.807, 2.05) is 0 Å². The van der Waals surface area contributed by atoms with Gasteiger partial charge in [0, 0.05) is 37.9 Å². The van der Waals surface area contributed by atoms with Crippen molar-refractivity contribution < 1.29 is 27.5 Å². The zero-order chi connectivity index (χ0) is 23.1. The average molecular weight is 462 g/mol. The summed E-state index contributed by atoms with van der Waals surface area (Å²) in [7, 11) is -0.622. The van der Waals surface area contributed by atoms with Crippen LogP contribution in [0.5, 0.6) is 0 Å². The maximum absolute atomic E-state index is 12.7. The van der Waals surface area contributed by atoms with E-state index < -0.39 is 16.1 Å². The number of anilines is 2. The van der Waals surface area contributed by atoms with Gasteiger partial charge in [0.25, 0.3) is 0 Å². The van der Waals surface area contributed by atoms with Crippen molar-refractivity contribution in [1.82, 2.24) is 4.31 Å². The molecule has 0 bridgehead atoms. The molecule has 172 valence electrons. The van der Waals surface area contributed by atoms with Crippen LogP contribution in [0.15, 0.2) is 53.4 Å². The van der Waals surface area contributed by atoms with Crippen LogP contribution in [0, 0.1) is 0 Å². The molecule has 1 fully saturated rings. The summed E-state index contributed by atoms with van der Waals surface area (Å²) >= 11 is 0. The van der Waals surface area contributed by atoms with E-state index in [1.165, 1.54) is 16.3 Å². The first-order valence-corrected chi connectivity index (χ1v) is 11.6. The number of hydrogen-bond donors (Lipinski definition) is 1. The molecule has 1 saturated heterocycles. The monoisotopic (exact) mass is 461 g/mol. The molecular weight excluding hydrogens is 434 g/mol. The van der Waals surface area contributed by atoms with Gasteiger partial charge in [-0.25, -0.2) is 13.2 Å². The molecule has 0 aromatic heterocycles. The predicted molar refractivity (Wildman–Crippen MR) is 120 cm³/mol. The second-order valence-corrected chi connectivity index (χ2v) is 9.22. The number of amides is 2. The number of rotatable bonds is 7. The molecule has 10 heteroatoms. The summed E-state index contributed by atoms with van der Waals surface area (Å²) in [5.41, 5.74) is 2.13. The summed E-state index contributed by atoms with van der Waals surface area (Å²) in [5.74, 6) is -0.163. The molecule has 2 amide bonds. The van der Waals surface area contributed by atoms with E-state index in [0.717, 1.165) is 5.56 Å². The van der Waals surface area contributed by atoms with Gasteiger partial charge in [-0.2, -0.15) is 4.31 Å². The van der Waals surface area contributed by atoms with Crippen molar-refractivity contribution in [2.75, 3.05) is 50.7 Å². The van der Waals surface area contributed by atoms with Gasteiger partial charge in [-0.3, -0.25) is 9.69 Å². The molecule has 0 unspecified atom stereocenters. The number of carbonyl (C=O) groups is 2. The highest BCUT2D eigenvalue weighted by Crippen LogP contribution is 2.20. The smallest absolute Gasteiger partial charge is 0.413 e. The number of hydrogen-bond acceptors (Lipinski definition) is 6. The SMILES string of the molecule is COC(=O)N(C)c1ccc(NC(=O)CCc2ccc(S(=O)(=O)N3CCOCC3)cc2)cc1. The predicted octanol–water partition coefficient (Wildman–Crippen LogP) is 2.48. The Labute approximate surface area is 188 Å². The van der Waals surface area contributed by atoms with Crippen molar-refractivity contribution >= 4 is 33.4 Å². The molecule has 32 heavy (non-hydrogen) atoms. The highest BCUT2D eigenvalue weighted by atomic mass is 32.2. The van der Waals surface area contributed by atoms with E-state index in [2.05, 4.69) is 10.1 Å². The first kappa shape index (κ1) is 23.7. The zero-order valence-electron chi connectivity index (χ0n) is 18.1. The number of carbonyl (C=O) groups excluding carboxylic acids is 2. The number of ether oxygens (including phenoxy) is 2. The van der Waals surface area contributed by atoms with Crippen LogP contribution in [0.4, 0.5) is 16.2 Å². The fourth-order valence-corrected chi connectivity index (χ4v) is 4.66. The molecular formula is C22H27N3O6S. The molecule has 0 spiro atoms. The van der Waals surface area contributed by atoms with Crippen LogP contribution >= 0.6 is 0 Å². The maximum atomic E-state index is 12.7. The molecule has 1 aliphatic rings. The second kappa shape index (κ2) is 10.6. The molecule has 0 radical (unpaired) electrons. The van der Waals surface area contributed by atoms with Crippen molar-refractivity contribution in [3.8, 4) is 0 Å². The van der Waals surface area contributed by atoms with Crippen molar-refractivity contribution in [1.29, 1.82) is 0 Å². The van der Waals surface area contributed by atoms with E-state index in [0.29, 0.717) is 44.1 Å². The van der Waals surface area contributed by atoms with Crippen LogP contribution in [0.2, 0.25) is 0 Å². The van der Waals surface area contributed by atoms with Gasteiger partial charge >= 0.3 is 6.09 Å². The van der Waals surface area contributed by atoms with Crippen molar-refractivity contribution in [2.45, 2.75) is 17.7 Å². The minimum atomic E-state index is -3.53. The minimum Gasteiger partial charge on any atom is -0.452 e. The van der Waals surface area contributed by atoms with E-state index in [4.69, 9.17) is 4.74 Å². The molecule has 0 atom stereocenters. The van der Waals surface area contributed by atoms with Crippen LogP contribution < -0.4 is 10.2 Å². The Morgan fingerprint density at radius 1 is 1.06 bits per heavy atom. The number of aryl methyl sites for hydroxylation is 1. The summed E-state index contributed by atoms with van der Waals surface area (Å²) in [6, 6.07) is 13.5. The van der Waals surface area contributed by atoms with E-state index in [-0.39, 0.29) is 17.2 Å². The lowest BCUT2D eigenvalue weighted by Crippen LogP contribution is -2.40. The second-order valence-electron chi connectivity index (χ2n) is 7.28. The van der Waals surface area contributed by atoms with Crippen LogP contribution in [0.3, 0.4) is 0 Å². The summed E-state index contributed by atoms with van der Waals surface area (Å²) in [6.07, 6.45) is 0.247. The van der Waals surface area contributed by atoms with Gasteiger partial charge in [0.15, 0.2) is 0 Å². The molecule has 1 heterocycles. The van der Waals surface area contributed by atoms with Gasteiger partial charge in [0.05, 0.1) is 25.2 Å². The largest absolute Gasteiger partial charge is 0.452 e. The van der Waals surface area contributed by atoms with Crippen molar-refractivity contribution in [3.63, 3.8) is 0 Å². The first-order valence-electron chi connectivity index (χ1n) is 10.2. The highest BCUT2D eigenvalue weighted by molar-refractivity contribution is 7.89. The van der Waals surface area contributed by atoms with E-state index in [9.17, 15) is 18.0 Å². The Bertz CT molecular complexity index is 1030. The molecule has 1 aliphatic heterocycles. The van der Waals surface area contributed by atoms with Crippen LogP contribution in [0.1, 0.15) is 12.0 Å². The number of sulfonamides is 1. The molecule has 3 rings (SSSR count). The minimum absolute atomic E-state index is 0.163. The highest BCUT2D eigenvalue weighted by Gasteiger charge is 2.26. The van der Waals surface area contributed by atoms with Crippen molar-refractivity contribution in [3.05, 3.63) is 54.1 Å². The Morgan fingerprint density at radius 3 is 2.28 bits per heavy atom. The standard InChI is InChI=1S/C22H27N3O6S/c1-24(22(27)30-2)19-8-6-18(7-9-19)23-21(26)12-5-17-3-10-20(11-4-17)32(28,29)25-13-15-31-16-14-25/h3-4,6-11H,5,12-16H2,1-2H3,(H,23,26). The lowest BCUT2D eigenvalue weighted by atomic mass is 10.1. The molecule has 0 aliphatic carbocycles. The summed E-state index contributed by atoms with van der Waals surface area (Å²) in [4.78, 5) is 25.4. The van der Waals surface area contributed by atoms with Gasteiger partial charge in [0.1, 0.15) is 0 Å². The molecule has 2 aromatic rings. The lowest BCUT2D eigenvalue weighted by Gasteiger charge is -2.26. The van der Waals surface area contributed by atoms with E-state index >= 15 is 0 Å². The summed E-state index contributed by atoms with van der Waals surface area (Å²) < 4.78 is 36.6. The van der Waals surface area contributed by atoms with Gasteiger partial charge in [0.2, 0.25) is 15.9 Å². The summed E-state index contributed by atoms with van der Waals surface area (Å²) in [6.45, 7) is 1.50. The Balaban J connectivity index is 1.52. The van der Waals surface area contributed by atoms with Gasteiger partial charge in [-0.15, -0.1) is 0 Å². The third-order valence-electron chi connectivity index (χ3n) is 5.16. The number of nitrogens with zero attached hydrogens (tertiary/aromatic N) is 2. The lowest BCUT2D eigenvalue weighted by molar-refractivity contribution is -0.116. The number of benzene rings is 2. The quantitative estimate of drug-likeness (QED) is 0.679. The Morgan fingerprint density at radius 2 is 1.69 bits per heavy atom. The van der Waals surface area contributed by atoms with Crippen LogP contribution in [0.25, 0.3) is 0 Å². The van der Waals surface area contributed by atoms with Crippen LogP contribution in [-0.4, -0.2) is 65.2 Å². The van der Waals surface area contributed by atoms with Gasteiger partial charge < -0.3 is 14.8 Å². The topological polar surface area (TPSA) is 105 Å². The number of morpholine rings is 1. The first-order chi connectivity index (χ1) is 15.3. The fourth-order valence-electron chi connectivity index (χ4n) is 3.26. The summed E-state index contributed by atoms with van der Waals surface area (Å²) in [5, 5.41) is 2.81. The fraction of sp³-hybridized carbons (Fsp3) is 0.364. The van der Waals surface area contributed by atoms with E-state index in [1.54, 1.807) is 55.6 Å². The normalized spacial score (nSPS) is 14.6. The van der Waals surface area contributed by atoms with Gasteiger partial charge in [-0.05, 0) is 48.4 Å². The maximum Gasteiger partial charge on any atom is 0.413 e. The Kier molecular flexibility index (Phi) is 7.84. The number of nitrogens with one attached hydrogen (secondary N) is 1. The third kappa shape index (κ3) is 5.84. The van der Waals surface area contributed by atoms with Crippen molar-refractivity contribution in [2.24, 2.45) is 0 Å². The average Bonchev–Trinajstić information content (AvgIpc) is 2.83. The zero-order valence-corrected chi connectivity index (χ0v) is 18.9. The number of methoxy groups -OCH3 is 1. The third-order valence-corrected chi connectivity index (χ3v) is 7.07. The Hall–Kier alpha value is -2.95. The molecule has 9 nitrogen and oxygen atoms in total. The van der Waals surface area contributed by atoms with Gasteiger partial charge in [-0.1, -0.05) is 12.1 Å². The molecule has 0 saturated carbocycles. The molecule has 2 aromatic carbocycles.